The molecule has 0 atom stereocenters. The van der Waals surface area contributed by atoms with Crippen LogP contribution in [0.4, 0.5) is 0 Å². The van der Waals surface area contributed by atoms with Crippen molar-refractivity contribution in [3.8, 4) is 0 Å². The molecule has 2 aromatic rings. The summed E-state index contributed by atoms with van der Waals surface area (Å²) in [6, 6.07) is 5.34. The number of hydrogen-bond donors (Lipinski definition) is 1. The molecular weight excluding hydrogens is 218 g/mol. The highest BCUT2D eigenvalue weighted by molar-refractivity contribution is 5.85. The van der Waals surface area contributed by atoms with Crippen molar-refractivity contribution in [2.45, 2.75) is 19.9 Å². The summed E-state index contributed by atoms with van der Waals surface area (Å²) in [5.41, 5.74) is 2.32. The first-order valence-electron chi connectivity index (χ1n) is 5.52. The van der Waals surface area contributed by atoms with E-state index in [4.69, 9.17) is 5.11 Å². The average molecular weight is 233 g/mol. The van der Waals surface area contributed by atoms with Gasteiger partial charge in [-0.2, -0.15) is 5.10 Å². The summed E-state index contributed by atoms with van der Waals surface area (Å²) in [5, 5.41) is 13.4. The Kier molecular flexibility index (Phi) is 2.99. The van der Waals surface area contributed by atoms with Crippen LogP contribution in [0.3, 0.4) is 0 Å². The van der Waals surface area contributed by atoms with E-state index in [0.717, 1.165) is 17.8 Å². The van der Waals surface area contributed by atoms with Gasteiger partial charge in [0.25, 0.3) is 0 Å². The van der Waals surface area contributed by atoms with Crippen LogP contribution in [0.5, 0.6) is 0 Å². The number of nitrogens with zero attached hydrogens (tertiary/aromatic N) is 3. The third kappa shape index (κ3) is 2.22. The second kappa shape index (κ2) is 4.45. The standard InChI is InChI=1S/C12H15N3O2/c1-3-9-7-10(14(2)13-9)8-15-6-4-5-11(15)12(16)17/h4-7H,3,8H2,1-2H3,(H,16,17). The fraction of sp³-hybridized carbons (Fsp3) is 0.333. The molecule has 5 heteroatoms. The van der Waals surface area contributed by atoms with E-state index in [1.54, 1.807) is 27.6 Å². The summed E-state index contributed by atoms with van der Waals surface area (Å²) in [7, 11) is 1.87. The van der Waals surface area contributed by atoms with E-state index in [9.17, 15) is 4.79 Å². The van der Waals surface area contributed by atoms with Gasteiger partial charge in [-0.05, 0) is 24.6 Å². The molecule has 2 rings (SSSR count). The van der Waals surface area contributed by atoms with E-state index >= 15 is 0 Å². The fourth-order valence-electron chi connectivity index (χ4n) is 1.81. The lowest BCUT2D eigenvalue weighted by atomic mass is 10.3. The summed E-state index contributed by atoms with van der Waals surface area (Å²) in [6.07, 6.45) is 2.65. The molecule has 1 N–H and O–H groups in total. The van der Waals surface area contributed by atoms with Gasteiger partial charge in [0.1, 0.15) is 5.69 Å². The molecule has 0 aromatic carbocycles. The topological polar surface area (TPSA) is 60.1 Å². The van der Waals surface area contributed by atoms with Gasteiger partial charge in [0.2, 0.25) is 0 Å². The molecule has 5 nitrogen and oxygen atoms in total. The van der Waals surface area contributed by atoms with Gasteiger partial charge >= 0.3 is 5.97 Å². The molecule has 0 aliphatic heterocycles. The maximum atomic E-state index is 11.0. The minimum atomic E-state index is -0.909. The number of aromatic carboxylic acids is 1. The van der Waals surface area contributed by atoms with Gasteiger partial charge < -0.3 is 9.67 Å². The lowest BCUT2D eigenvalue weighted by molar-refractivity contribution is 0.0685. The molecule has 0 fully saturated rings. The molecule has 17 heavy (non-hydrogen) atoms. The van der Waals surface area contributed by atoms with Gasteiger partial charge in [0.05, 0.1) is 17.9 Å². The third-order valence-corrected chi connectivity index (χ3v) is 2.77. The molecule has 2 heterocycles. The summed E-state index contributed by atoms with van der Waals surface area (Å²) in [5.74, 6) is -0.909. The van der Waals surface area contributed by atoms with Crippen molar-refractivity contribution in [3.63, 3.8) is 0 Å². The first-order valence-corrected chi connectivity index (χ1v) is 5.52. The molecule has 0 aliphatic carbocycles. The van der Waals surface area contributed by atoms with Crippen LogP contribution >= 0.6 is 0 Å². The van der Waals surface area contributed by atoms with Crippen molar-refractivity contribution >= 4 is 5.97 Å². The third-order valence-electron chi connectivity index (χ3n) is 2.77. The molecule has 0 amide bonds. The molecule has 0 bridgehead atoms. The fourth-order valence-corrected chi connectivity index (χ4v) is 1.81. The average Bonchev–Trinajstić information content (AvgIpc) is 2.87. The quantitative estimate of drug-likeness (QED) is 0.871. The van der Waals surface area contributed by atoms with E-state index in [1.165, 1.54) is 0 Å². The molecule has 0 aliphatic rings. The molecule has 0 unspecified atom stereocenters. The highest BCUT2D eigenvalue weighted by Gasteiger charge is 2.11. The van der Waals surface area contributed by atoms with Crippen LogP contribution in [0.1, 0.15) is 28.8 Å². The van der Waals surface area contributed by atoms with Crippen LogP contribution in [0.15, 0.2) is 24.4 Å². The van der Waals surface area contributed by atoms with Crippen LogP contribution in [-0.4, -0.2) is 25.4 Å². The lowest BCUT2D eigenvalue weighted by Gasteiger charge is -2.06. The monoisotopic (exact) mass is 233 g/mol. The maximum absolute atomic E-state index is 11.0. The Bertz CT molecular complexity index is 540. The second-order valence-corrected chi connectivity index (χ2v) is 3.93. The molecule has 0 saturated carbocycles. The van der Waals surface area contributed by atoms with Gasteiger partial charge in [0, 0.05) is 13.2 Å². The second-order valence-electron chi connectivity index (χ2n) is 3.93. The van der Waals surface area contributed by atoms with Crippen molar-refractivity contribution in [3.05, 3.63) is 41.5 Å². The zero-order chi connectivity index (χ0) is 12.4. The summed E-state index contributed by atoms with van der Waals surface area (Å²) >= 11 is 0. The predicted octanol–water partition coefficient (Wildman–Crippen LogP) is 1.53. The Morgan fingerprint density at radius 2 is 2.29 bits per heavy atom. The normalized spacial score (nSPS) is 10.7. The van der Waals surface area contributed by atoms with Gasteiger partial charge in [-0.3, -0.25) is 4.68 Å². The number of carboxylic acid groups (broad SMARTS) is 1. The minimum Gasteiger partial charge on any atom is -0.477 e. The van der Waals surface area contributed by atoms with Crippen LogP contribution < -0.4 is 0 Å². The number of carbonyl (C=O) groups is 1. The zero-order valence-corrected chi connectivity index (χ0v) is 9.92. The van der Waals surface area contributed by atoms with Gasteiger partial charge in [-0.15, -0.1) is 0 Å². The van der Waals surface area contributed by atoms with Gasteiger partial charge in [-0.25, -0.2) is 4.79 Å². The minimum absolute atomic E-state index is 0.296. The highest BCUT2D eigenvalue weighted by Crippen LogP contribution is 2.09. The maximum Gasteiger partial charge on any atom is 0.352 e. The first kappa shape index (κ1) is 11.4. The molecule has 2 aromatic heterocycles. The smallest absolute Gasteiger partial charge is 0.352 e. The van der Waals surface area contributed by atoms with Crippen LogP contribution in [0.2, 0.25) is 0 Å². The van der Waals surface area contributed by atoms with Crippen molar-refractivity contribution in [1.82, 2.24) is 14.3 Å². The van der Waals surface area contributed by atoms with E-state index < -0.39 is 5.97 Å². The number of rotatable bonds is 4. The summed E-state index contributed by atoms with van der Waals surface area (Å²) in [6.45, 7) is 2.57. The van der Waals surface area contributed by atoms with Gasteiger partial charge in [-0.1, -0.05) is 6.92 Å². The number of aryl methyl sites for hydroxylation is 2. The highest BCUT2D eigenvalue weighted by atomic mass is 16.4. The van der Waals surface area contributed by atoms with Gasteiger partial charge in [0.15, 0.2) is 0 Å². The summed E-state index contributed by atoms with van der Waals surface area (Å²) in [4.78, 5) is 11.0. The van der Waals surface area contributed by atoms with E-state index in [0.29, 0.717) is 12.2 Å². The van der Waals surface area contributed by atoms with Crippen molar-refractivity contribution in [2.75, 3.05) is 0 Å². The Hall–Kier alpha value is -2.04. The van der Waals surface area contributed by atoms with Crippen LogP contribution in [0.25, 0.3) is 0 Å². The van der Waals surface area contributed by atoms with E-state index in [-0.39, 0.29) is 0 Å². The van der Waals surface area contributed by atoms with E-state index in [1.807, 2.05) is 20.0 Å². The molecule has 90 valence electrons. The van der Waals surface area contributed by atoms with Crippen molar-refractivity contribution in [1.29, 1.82) is 0 Å². The lowest BCUT2D eigenvalue weighted by Crippen LogP contribution is -2.10. The Balaban J connectivity index is 2.28. The largest absolute Gasteiger partial charge is 0.477 e. The number of aromatic nitrogens is 3. The zero-order valence-electron chi connectivity index (χ0n) is 9.92. The molecule has 0 spiro atoms. The Morgan fingerprint density at radius 1 is 1.53 bits per heavy atom. The Morgan fingerprint density at radius 3 is 2.88 bits per heavy atom. The van der Waals surface area contributed by atoms with Crippen LogP contribution in [-0.2, 0) is 20.0 Å². The Labute approximate surface area is 99.3 Å². The number of hydrogen-bond acceptors (Lipinski definition) is 2. The SMILES string of the molecule is CCc1cc(Cn2cccc2C(=O)O)n(C)n1. The van der Waals surface area contributed by atoms with Crippen LogP contribution in [0, 0.1) is 0 Å². The van der Waals surface area contributed by atoms with Crippen molar-refractivity contribution < 1.29 is 9.90 Å². The number of carboxylic acids is 1. The van der Waals surface area contributed by atoms with Crippen molar-refractivity contribution in [2.24, 2.45) is 7.05 Å². The molecule has 0 saturated heterocycles. The summed E-state index contributed by atoms with van der Waals surface area (Å²) < 4.78 is 3.50. The first-order chi connectivity index (χ1) is 8.11. The molecular formula is C12H15N3O2. The molecule has 0 radical (unpaired) electrons. The van der Waals surface area contributed by atoms with E-state index in [2.05, 4.69) is 5.10 Å². The predicted molar refractivity (Wildman–Crippen MR) is 63.1 cm³/mol.